The zero-order chi connectivity index (χ0) is 11.2. The van der Waals surface area contributed by atoms with Gasteiger partial charge in [0.15, 0.2) is 15.1 Å². The van der Waals surface area contributed by atoms with Crippen molar-refractivity contribution in [2.24, 2.45) is 0 Å². The topological polar surface area (TPSA) is 60.4 Å². The highest BCUT2D eigenvalue weighted by Gasteiger charge is 2.31. The molecule has 0 aliphatic rings. The van der Waals surface area contributed by atoms with Crippen molar-refractivity contribution in [2.45, 2.75) is 38.4 Å². The van der Waals surface area contributed by atoms with E-state index in [9.17, 15) is 13.2 Å². The predicted molar refractivity (Wildman–Crippen MR) is 54.8 cm³/mol. The van der Waals surface area contributed by atoms with E-state index in [1.807, 2.05) is 6.92 Å². The third kappa shape index (κ3) is 3.65. The van der Waals surface area contributed by atoms with Gasteiger partial charge in [0, 0.05) is 5.75 Å². The van der Waals surface area contributed by atoms with E-state index in [1.165, 1.54) is 14.0 Å². The largest absolute Gasteiger partial charge is 0.468 e. The maximum Gasteiger partial charge on any atom is 0.324 e. The van der Waals surface area contributed by atoms with Gasteiger partial charge in [0.1, 0.15) is 0 Å². The molecule has 1 atom stereocenters. The summed E-state index contributed by atoms with van der Waals surface area (Å²) in [6, 6.07) is 0. The van der Waals surface area contributed by atoms with Gasteiger partial charge in [0.05, 0.1) is 7.11 Å². The van der Waals surface area contributed by atoms with Crippen LogP contribution in [0, 0.1) is 0 Å². The van der Waals surface area contributed by atoms with Gasteiger partial charge in [0.2, 0.25) is 0 Å². The Morgan fingerprint density at radius 1 is 1.36 bits per heavy atom. The molecule has 0 aliphatic heterocycles. The molecule has 4 nitrogen and oxygen atoms in total. The fourth-order valence-electron chi connectivity index (χ4n) is 1.17. The number of hydrogen-bond acceptors (Lipinski definition) is 4. The number of carbonyl (C=O) groups excluding carboxylic acids is 1. The van der Waals surface area contributed by atoms with Gasteiger partial charge in [-0.15, -0.1) is 0 Å². The Morgan fingerprint density at radius 3 is 2.29 bits per heavy atom. The minimum atomic E-state index is -3.32. The van der Waals surface area contributed by atoms with Gasteiger partial charge in [-0.3, -0.25) is 4.79 Å². The molecule has 1 unspecified atom stereocenters. The summed E-state index contributed by atoms with van der Waals surface area (Å²) in [5, 5.41) is -0.975. The molecule has 0 N–H and O–H groups in total. The van der Waals surface area contributed by atoms with Gasteiger partial charge in [0.25, 0.3) is 0 Å². The molecule has 14 heavy (non-hydrogen) atoms. The van der Waals surface area contributed by atoms with Crippen molar-refractivity contribution in [3.05, 3.63) is 0 Å². The number of hydrogen-bond donors (Lipinski definition) is 0. The minimum absolute atomic E-state index is 0.0174. The van der Waals surface area contributed by atoms with E-state index in [-0.39, 0.29) is 5.75 Å². The quantitative estimate of drug-likeness (QED) is 0.633. The van der Waals surface area contributed by atoms with Crippen LogP contribution in [0.4, 0.5) is 0 Å². The molecule has 0 saturated carbocycles. The van der Waals surface area contributed by atoms with Crippen LogP contribution in [0.1, 0.15) is 33.1 Å². The van der Waals surface area contributed by atoms with E-state index >= 15 is 0 Å². The summed E-state index contributed by atoms with van der Waals surface area (Å²) in [6.07, 6.45) is 1.95. The normalized spacial score (nSPS) is 13.6. The fourth-order valence-corrected chi connectivity index (χ4v) is 2.48. The average Bonchev–Trinajstić information content (AvgIpc) is 2.17. The Hall–Kier alpha value is -0.580. The van der Waals surface area contributed by atoms with Crippen molar-refractivity contribution in [1.82, 2.24) is 0 Å². The van der Waals surface area contributed by atoms with E-state index in [0.29, 0.717) is 6.42 Å². The summed E-state index contributed by atoms with van der Waals surface area (Å²) < 4.78 is 27.5. The lowest BCUT2D eigenvalue weighted by Crippen LogP contribution is -2.32. The first-order valence-corrected chi connectivity index (χ1v) is 6.50. The minimum Gasteiger partial charge on any atom is -0.468 e. The number of esters is 1. The van der Waals surface area contributed by atoms with Crippen LogP contribution in [0.25, 0.3) is 0 Å². The number of rotatable bonds is 6. The number of ether oxygens (including phenoxy) is 1. The summed E-state index contributed by atoms with van der Waals surface area (Å²) in [5.74, 6) is -0.656. The van der Waals surface area contributed by atoms with Gasteiger partial charge in [-0.1, -0.05) is 26.7 Å². The van der Waals surface area contributed by atoms with Crippen molar-refractivity contribution < 1.29 is 17.9 Å². The highest BCUT2D eigenvalue weighted by molar-refractivity contribution is 7.92. The van der Waals surface area contributed by atoms with E-state index in [2.05, 4.69) is 4.74 Å². The maximum absolute atomic E-state index is 11.5. The number of methoxy groups -OCH3 is 1. The summed E-state index contributed by atoms with van der Waals surface area (Å²) >= 11 is 0. The second-order valence-electron chi connectivity index (χ2n) is 3.11. The fraction of sp³-hybridized carbons (Fsp3) is 0.889. The van der Waals surface area contributed by atoms with Crippen LogP contribution in [0.5, 0.6) is 0 Å². The van der Waals surface area contributed by atoms with Crippen LogP contribution in [-0.2, 0) is 19.4 Å². The molecule has 0 rings (SSSR count). The lowest BCUT2D eigenvalue weighted by atomic mass is 10.2. The Kier molecular flexibility index (Phi) is 5.76. The summed E-state index contributed by atoms with van der Waals surface area (Å²) in [4.78, 5) is 11.2. The Bertz CT molecular complexity index is 269. The molecule has 0 aliphatic carbocycles. The van der Waals surface area contributed by atoms with Crippen molar-refractivity contribution >= 4 is 15.8 Å². The van der Waals surface area contributed by atoms with Gasteiger partial charge < -0.3 is 4.74 Å². The van der Waals surface area contributed by atoms with Crippen molar-refractivity contribution in [2.75, 3.05) is 12.9 Å². The second-order valence-corrected chi connectivity index (χ2v) is 5.58. The average molecular weight is 222 g/mol. The molecular formula is C9H18O4S. The Labute approximate surface area is 85.6 Å². The van der Waals surface area contributed by atoms with Crippen LogP contribution in [0.3, 0.4) is 0 Å². The molecule has 0 bridgehead atoms. The highest BCUT2D eigenvalue weighted by Crippen LogP contribution is 2.12. The van der Waals surface area contributed by atoms with E-state index in [0.717, 1.165) is 12.8 Å². The zero-order valence-corrected chi connectivity index (χ0v) is 9.76. The number of unbranched alkanes of at least 4 members (excludes halogenated alkanes) is 1. The van der Waals surface area contributed by atoms with Gasteiger partial charge in [-0.25, -0.2) is 8.42 Å². The lowest BCUT2D eigenvalue weighted by molar-refractivity contribution is -0.140. The van der Waals surface area contributed by atoms with Gasteiger partial charge in [-0.2, -0.15) is 0 Å². The SMILES string of the molecule is CCCCC(C(=O)OC)S(=O)(=O)CC. The van der Waals surface area contributed by atoms with Crippen LogP contribution >= 0.6 is 0 Å². The first kappa shape index (κ1) is 13.4. The molecule has 0 radical (unpaired) electrons. The molecule has 0 amide bonds. The van der Waals surface area contributed by atoms with E-state index in [4.69, 9.17) is 0 Å². The summed E-state index contributed by atoms with van der Waals surface area (Å²) in [5.41, 5.74) is 0. The van der Waals surface area contributed by atoms with Crippen molar-refractivity contribution in [3.63, 3.8) is 0 Å². The van der Waals surface area contributed by atoms with Crippen LogP contribution in [-0.4, -0.2) is 32.5 Å². The second kappa shape index (κ2) is 6.01. The van der Waals surface area contributed by atoms with E-state index in [1.54, 1.807) is 0 Å². The first-order chi connectivity index (χ1) is 6.49. The Morgan fingerprint density at radius 2 is 1.93 bits per heavy atom. The Balaban J connectivity index is 4.64. The molecule has 0 fully saturated rings. The molecule has 0 heterocycles. The third-order valence-electron chi connectivity index (χ3n) is 2.12. The summed E-state index contributed by atoms with van der Waals surface area (Å²) in [6.45, 7) is 3.49. The maximum atomic E-state index is 11.5. The van der Waals surface area contributed by atoms with Crippen LogP contribution in [0.15, 0.2) is 0 Å². The van der Waals surface area contributed by atoms with Crippen LogP contribution < -0.4 is 0 Å². The number of carbonyl (C=O) groups is 1. The lowest BCUT2D eigenvalue weighted by Gasteiger charge is -2.13. The van der Waals surface area contributed by atoms with Crippen molar-refractivity contribution in [1.29, 1.82) is 0 Å². The third-order valence-corrected chi connectivity index (χ3v) is 4.22. The molecule has 0 aromatic carbocycles. The monoisotopic (exact) mass is 222 g/mol. The smallest absolute Gasteiger partial charge is 0.324 e. The zero-order valence-electron chi connectivity index (χ0n) is 8.95. The van der Waals surface area contributed by atoms with Crippen LogP contribution in [0.2, 0.25) is 0 Å². The number of sulfone groups is 1. The highest BCUT2D eigenvalue weighted by atomic mass is 32.2. The predicted octanol–water partition coefficient (Wildman–Crippen LogP) is 1.15. The molecule has 5 heteroatoms. The van der Waals surface area contributed by atoms with Gasteiger partial charge in [-0.05, 0) is 6.42 Å². The molecule has 84 valence electrons. The first-order valence-electron chi connectivity index (χ1n) is 4.79. The molecule has 0 spiro atoms. The molecule has 0 aromatic heterocycles. The van der Waals surface area contributed by atoms with Crippen molar-refractivity contribution in [3.8, 4) is 0 Å². The molecule has 0 saturated heterocycles. The van der Waals surface area contributed by atoms with Gasteiger partial charge >= 0.3 is 5.97 Å². The standard InChI is InChI=1S/C9H18O4S/c1-4-6-7-8(9(10)13-3)14(11,12)5-2/h8H,4-7H2,1-3H3. The molecule has 0 aromatic rings. The summed E-state index contributed by atoms with van der Waals surface area (Å²) in [7, 11) is -2.10. The molecular weight excluding hydrogens is 204 g/mol. The van der Waals surface area contributed by atoms with E-state index < -0.39 is 21.1 Å².